The fourth-order valence-corrected chi connectivity index (χ4v) is 3.30. The first kappa shape index (κ1) is 17.8. The van der Waals surface area contributed by atoms with Gasteiger partial charge >= 0.3 is 0 Å². The zero-order valence-electron chi connectivity index (χ0n) is 13.2. The minimum absolute atomic E-state index is 0. The van der Waals surface area contributed by atoms with Crippen LogP contribution in [-0.2, 0) is 16.1 Å². The molecule has 5 nitrogen and oxygen atoms in total. The van der Waals surface area contributed by atoms with Crippen LogP contribution >= 0.6 is 12.4 Å². The smallest absolute Gasteiger partial charge is 0.227 e. The third-order valence-electron chi connectivity index (χ3n) is 4.63. The van der Waals surface area contributed by atoms with Crippen molar-refractivity contribution in [2.45, 2.75) is 44.7 Å². The summed E-state index contributed by atoms with van der Waals surface area (Å²) >= 11 is 0. The van der Waals surface area contributed by atoms with E-state index in [0.717, 1.165) is 43.5 Å². The van der Waals surface area contributed by atoms with E-state index in [4.69, 9.17) is 5.73 Å². The van der Waals surface area contributed by atoms with Gasteiger partial charge in [0, 0.05) is 37.2 Å². The number of hydrogen-bond donors (Lipinski definition) is 2. The second kappa shape index (κ2) is 7.79. The largest absolute Gasteiger partial charge is 0.352 e. The Bertz CT molecular complexity index is 561. The number of nitrogens with zero attached hydrogens (tertiary/aromatic N) is 1. The molecular weight excluding hydrogens is 314 g/mol. The molecule has 0 bridgehead atoms. The van der Waals surface area contributed by atoms with Crippen LogP contribution in [0.5, 0.6) is 0 Å². The van der Waals surface area contributed by atoms with Gasteiger partial charge in [0.2, 0.25) is 11.8 Å². The van der Waals surface area contributed by atoms with E-state index < -0.39 is 0 Å². The maximum atomic E-state index is 12.1. The van der Waals surface area contributed by atoms with Gasteiger partial charge in [0.15, 0.2) is 0 Å². The van der Waals surface area contributed by atoms with Gasteiger partial charge in [0.25, 0.3) is 0 Å². The first-order valence-corrected chi connectivity index (χ1v) is 8.06. The highest BCUT2D eigenvalue weighted by molar-refractivity contribution is 5.95. The van der Waals surface area contributed by atoms with Crippen molar-refractivity contribution >= 4 is 29.9 Å². The number of amides is 2. The molecule has 126 valence electrons. The van der Waals surface area contributed by atoms with Crippen LogP contribution in [0.25, 0.3) is 0 Å². The number of carbonyl (C=O) groups excluding carboxylic acids is 2. The Labute approximate surface area is 143 Å². The lowest BCUT2D eigenvalue weighted by atomic mass is 10.1. The molecule has 0 aromatic heterocycles. The lowest BCUT2D eigenvalue weighted by molar-refractivity contribution is -0.125. The van der Waals surface area contributed by atoms with E-state index >= 15 is 0 Å². The van der Waals surface area contributed by atoms with Gasteiger partial charge in [-0.05, 0) is 43.4 Å². The van der Waals surface area contributed by atoms with Crippen molar-refractivity contribution in [1.82, 2.24) is 5.32 Å². The van der Waals surface area contributed by atoms with Crippen molar-refractivity contribution in [3.8, 4) is 0 Å². The number of carbonyl (C=O) groups is 2. The van der Waals surface area contributed by atoms with Gasteiger partial charge in [0.05, 0.1) is 0 Å². The van der Waals surface area contributed by atoms with E-state index in [-0.39, 0.29) is 36.2 Å². The Morgan fingerprint density at radius 3 is 2.57 bits per heavy atom. The van der Waals surface area contributed by atoms with Crippen molar-refractivity contribution in [3.63, 3.8) is 0 Å². The summed E-state index contributed by atoms with van der Waals surface area (Å²) in [5.74, 6) is 0.363. The molecule has 1 aromatic rings. The predicted octanol–water partition coefficient (Wildman–Crippen LogP) is 1.98. The molecule has 1 saturated heterocycles. The van der Waals surface area contributed by atoms with Gasteiger partial charge in [-0.15, -0.1) is 12.4 Å². The summed E-state index contributed by atoms with van der Waals surface area (Å²) in [5.41, 5.74) is 7.84. The van der Waals surface area contributed by atoms with E-state index in [1.54, 1.807) is 0 Å². The van der Waals surface area contributed by atoms with Gasteiger partial charge in [-0.3, -0.25) is 9.59 Å². The zero-order valence-corrected chi connectivity index (χ0v) is 14.0. The van der Waals surface area contributed by atoms with Crippen molar-refractivity contribution < 1.29 is 9.59 Å². The van der Waals surface area contributed by atoms with Crippen molar-refractivity contribution in [3.05, 3.63) is 29.8 Å². The quantitative estimate of drug-likeness (QED) is 0.882. The summed E-state index contributed by atoms with van der Waals surface area (Å²) < 4.78 is 0. The molecule has 2 amide bonds. The predicted molar refractivity (Wildman–Crippen MR) is 92.4 cm³/mol. The summed E-state index contributed by atoms with van der Waals surface area (Å²) in [7, 11) is 0. The summed E-state index contributed by atoms with van der Waals surface area (Å²) in [5, 5.41) is 2.98. The first-order chi connectivity index (χ1) is 10.6. The number of benzene rings is 1. The van der Waals surface area contributed by atoms with E-state index in [9.17, 15) is 9.59 Å². The second-order valence-corrected chi connectivity index (χ2v) is 6.30. The Morgan fingerprint density at radius 1 is 1.26 bits per heavy atom. The third-order valence-corrected chi connectivity index (χ3v) is 4.63. The highest BCUT2D eigenvalue weighted by Crippen LogP contribution is 2.24. The molecule has 23 heavy (non-hydrogen) atoms. The molecule has 1 saturated carbocycles. The molecule has 2 atom stereocenters. The number of rotatable bonds is 4. The van der Waals surface area contributed by atoms with Crippen molar-refractivity contribution in [2.75, 3.05) is 11.4 Å². The summed E-state index contributed by atoms with van der Waals surface area (Å²) in [4.78, 5) is 25.6. The molecule has 1 aliphatic heterocycles. The minimum Gasteiger partial charge on any atom is -0.352 e. The van der Waals surface area contributed by atoms with E-state index in [2.05, 4.69) is 5.32 Å². The molecule has 1 aliphatic carbocycles. The fourth-order valence-electron chi connectivity index (χ4n) is 3.30. The Hall–Kier alpha value is -1.59. The number of halogens is 1. The average molecular weight is 338 g/mol. The molecule has 2 aliphatic rings. The van der Waals surface area contributed by atoms with Gasteiger partial charge in [0.1, 0.15) is 0 Å². The Kier molecular flexibility index (Phi) is 6.02. The second-order valence-electron chi connectivity index (χ2n) is 6.30. The monoisotopic (exact) mass is 337 g/mol. The van der Waals surface area contributed by atoms with Crippen LogP contribution in [0.15, 0.2) is 24.3 Å². The van der Waals surface area contributed by atoms with Crippen LogP contribution in [0.4, 0.5) is 5.69 Å². The normalized spacial score (nSPS) is 23.7. The number of hydrogen-bond acceptors (Lipinski definition) is 3. The topological polar surface area (TPSA) is 75.4 Å². The molecule has 3 N–H and O–H groups in total. The summed E-state index contributed by atoms with van der Waals surface area (Å²) in [6.07, 6.45) is 4.20. The lowest BCUT2D eigenvalue weighted by Gasteiger charge is -2.16. The first-order valence-electron chi connectivity index (χ1n) is 8.06. The van der Waals surface area contributed by atoms with E-state index in [0.29, 0.717) is 13.0 Å². The van der Waals surface area contributed by atoms with E-state index in [1.807, 2.05) is 29.2 Å². The van der Waals surface area contributed by atoms with Gasteiger partial charge in [-0.25, -0.2) is 0 Å². The Balaban J connectivity index is 0.00000192. The molecule has 6 heteroatoms. The number of anilines is 1. The van der Waals surface area contributed by atoms with Crippen LogP contribution in [0.2, 0.25) is 0 Å². The van der Waals surface area contributed by atoms with Crippen LogP contribution < -0.4 is 16.0 Å². The minimum atomic E-state index is 0. The SMILES string of the molecule is Cl.NC1CCC(C(=O)NCc2ccc(N3CCCC3=O)cc2)C1. The van der Waals surface area contributed by atoms with Gasteiger partial charge < -0.3 is 16.0 Å². The van der Waals surface area contributed by atoms with Crippen LogP contribution in [0.3, 0.4) is 0 Å². The summed E-state index contributed by atoms with van der Waals surface area (Å²) in [6, 6.07) is 8.03. The molecule has 1 heterocycles. The molecule has 3 rings (SSSR count). The van der Waals surface area contributed by atoms with Crippen molar-refractivity contribution in [1.29, 1.82) is 0 Å². The number of nitrogens with two attached hydrogens (primary N) is 1. The Morgan fingerprint density at radius 2 is 2.00 bits per heavy atom. The van der Waals surface area contributed by atoms with Crippen LogP contribution in [0, 0.1) is 5.92 Å². The van der Waals surface area contributed by atoms with Gasteiger partial charge in [-0.1, -0.05) is 12.1 Å². The molecular formula is C17H24ClN3O2. The van der Waals surface area contributed by atoms with Crippen molar-refractivity contribution in [2.24, 2.45) is 11.7 Å². The lowest BCUT2D eigenvalue weighted by Crippen LogP contribution is -2.30. The van der Waals surface area contributed by atoms with Crippen LogP contribution in [0.1, 0.15) is 37.7 Å². The fraction of sp³-hybridized carbons (Fsp3) is 0.529. The summed E-state index contributed by atoms with van der Waals surface area (Å²) in [6.45, 7) is 1.33. The molecule has 0 radical (unpaired) electrons. The highest BCUT2D eigenvalue weighted by Gasteiger charge is 2.27. The zero-order chi connectivity index (χ0) is 15.5. The molecule has 0 spiro atoms. The molecule has 2 unspecified atom stereocenters. The highest BCUT2D eigenvalue weighted by atomic mass is 35.5. The maximum absolute atomic E-state index is 12.1. The molecule has 1 aromatic carbocycles. The average Bonchev–Trinajstić information content (AvgIpc) is 3.14. The maximum Gasteiger partial charge on any atom is 0.227 e. The van der Waals surface area contributed by atoms with Crippen LogP contribution in [-0.4, -0.2) is 24.4 Å². The van der Waals surface area contributed by atoms with E-state index in [1.165, 1.54) is 0 Å². The third kappa shape index (κ3) is 4.24. The molecule has 2 fully saturated rings. The number of nitrogens with one attached hydrogen (secondary N) is 1. The van der Waals surface area contributed by atoms with Gasteiger partial charge in [-0.2, -0.15) is 0 Å². The standard InChI is InChI=1S/C17H23N3O2.ClH/c18-14-6-5-13(10-14)17(22)19-11-12-3-7-15(8-4-12)20-9-1-2-16(20)21;/h3-4,7-8,13-14H,1-2,5-6,9-11,18H2,(H,19,22);1H.